The number of hydrogen-bond acceptors (Lipinski definition) is 4. The number of aromatic nitrogens is 2. The Morgan fingerprint density at radius 3 is 2.48 bits per heavy atom. The molecule has 126 valence electrons. The van der Waals surface area contributed by atoms with Gasteiger partial charge in [0.05, 0.1) is 5.69 Å². The molecular weight excluding hydrogens is 338 g/mol. The SMILES string of the molecule is O=C(Cn1ccc(C(=O)O)n1)Nc1ccccc1Sc1ccccc1. The van der Waals surface area contributed by atoms with Gasteiger partial charge in [-0.05, 0) is 30.3 Å². The lowest BCUT2D eigenvalue weighted by Gasteiger charge is -2.11. The van der Waals surface area contributed by atoms with Gasteiger partial charge in [0.15, 0.2) is 5.69 Å². The smallest absolute Gasteiger partial charge is 0.356 e. The van der Waals surface area contributed by atoms with Crippen LogP contribution in [0.4, 0.5) is 5.69 Å². The molecule has 2 aromatic carbocycles. The van der Waals surface area contributed by atoms with Crippen LogP contribution in [0.2, 0.25) is 0 Å². The molecule has 0 atom stereocenters. The maximum absolute atomic E-state index is 12.2. The van der Waals surface area contributed by atoms with E-state index in [1.54, 1.807) is 11.8 Å². The number of nitrogens with zero attached hydrogens (tertiary/aromatic N) is 2. The Balaban J connectivity index is 1.69. The highest BCUT2D eigenvalue weighted by Gasteiger charge is 2.11. The van der Waals surface area contributed by atoms with Gasteiger partial charge in [0.2, 0.25) is 5.91 Å². The minimum Gasteiger partial charge on any atom is -0.476 e. The molecule has 1 amide bonds. The summed E-state index contributed by atoms with van der Waals surface area (Å²) in [6.45, 7) is -0.0579. The first-order chi connectivity index (χ1) is 12.1. The highest BCUT2D eigenvalue weighted by Crippen LogP contribution is 2.33. The summed E-state index contributed by atoms with van der Waals surface area (Å²) in [6, 6.07) is 18.7. The van der Waals surface area contributed by atoms with Gasteiger partial charge in [-0.15, -0.1) is 0 Å². The Bertz CT molecular complexity index is 893. The highest BCUT2D eigenvalue weighted by atomic mass is 32.2. The lowest BCUT2D eigenvalue weighted by atomic mass is 10.3. The number of nitrogens with one attached hydrogen (secondary N) is 1. The Labute approximate surface area is 148 Å². The van der Waals surface area contributed by atoms with Crippen LogP contribution in [-0.2, 0) is 11.3 Å². The van der Waals surface area contributed by atoms with Gasteiger partial charge in [-0.3, -0.25) is 9.48 Å². The van der Waals surface area contributed by atoms with Crippen molar-refractivity contribution in [2.75, 3.05) is 5.32 Å². The molecule has 1 heterocycles. The van der Waals surface area contributed by atoms with Crippen molar-refractivity contribution in [1.29, 1.82) is 0 Å². The van der Waals surface area contributed by atoms with Crippen LogP contribution in [0.25, 0.3) is 0 Å². The summed E-state index contributed by atoms with van der Waals surface area (Å²) in [4.78, 5) is 25.1. The van der Waals surface area contributed by atoms with E-state index in [2.05, 4.69) is 10.4 Å². The van der Waals surface area contributed by atoms with Gasteiger partial charge < -0.3 is 10.4 Å². The molecule has 0 saturated carbocycles. The summed E-state index contributed by atoms with van der Waals surface area (Å²) < 4.78 is 1.30. The van der Waals surface area contributed by atoms with Crippen molar-refractivity contribution < 1.29 is 14.7 Å². The molecule has 3 aromatic rings. The third-order valence-corrected chi connectivity index (χ3v) is 4.38. The summed E-state index contributed by atoms with van der Waals surface area (Å²) in [5.41, 5.74) is 0.611. The van der Waals surface area contributed by atoms with Crippen LogP contribution in [0.5, 0.6) is 0 Å². The van der Waals surface area contributed by atoms with Crippen LogP contribution in [-0.4, -0.2) is 26.8 Å². The minimum atomic E-state index is -1.12. The second kappa shape index (κ2) is 7.67. The number of rotatable bonds is 6. The van der Waals surface area contributed by atoms with Crippen LogP contribution in [0.15, 0.2) is 76.7 Å². The Kier molecular flexibility index (Phi) is 5.15. The number of para-hydroxylation sites is 1. The zero-order chi connectivity index (χ0) is 17.6. The average molecular weight is 353 g/mol. The van der Waals surface area contributed by atoms with Gasteiger partial charge in [0.25, 0.3) is 0 Å². The lowest BCUT2D eigenvalue weighted by Crippen LogP contribution is -2.19. The summed E-state index contributed by atoms with van der Waals surface area (Å²) in [5, 5.41) is 15.5. The van der Waals surface area contributed by atoms with E-state index >= 15 is 0 Å². The van der Waals surface area contributed by atoms with Crippen molar-refractivity contribution >= 4 is 29.3 Å². The van der Waals surface area contributed by atoms with E-state index in [9.17, 15) is 9.59 Å². The van der Waals surface area contributed by atoms with Crippen molar-refractivity contribution in [1.82, 2.24) is 9.78 Å². The minimum absolute atomic E-state index is 0.0579. The molecule has 0 bridgehead atoms. The largest absolute Gasteiger partial charge is 0.476 e. The van der Waals surface area contributed by atoms with Gasteiger partial charge in [0.1, 0.15) is 6.54 Å². The number of benzene rings is 2. The number of carboxylic acids is 1. The first-order valence-electron chi connectivity index (χ1n) is 7.50. The molecule has 25 heavy (non-hydrogen) atoms. The van der Waals surface area contributed by atoms with E-state index in [4.69, 9.17) is 5.11 Å². The summed E-state index contributed by atoms with van der Waals surface area (Å²) in [5.74, 6) is -1.40. The number of carbonyl (C=O) groups excluding carboxylic acids is 1. The summed E-state index contributed by atoms with van der Waals surface area (Å²) >= 11 is 1.56. The second-order valence-electron chi connectivity index (χ2n) is 5.16. The van der Waals surface area contributed by atoms with Gasteiger partial charge in [0, 0.05) is 16.0 Å². The number of anilines is 1. The summed E-state index contributed by atoms with van der Waals surface area (Å²) in [7, 11) is 0. The molecule has 0 aliphatic rings. The molecule has 6 nitrogen and oxygen atoms in total. The molecule has 1 aromatic heterocycles. The number of hydrogen-bond donors (Lipinski definition) is 2. The number of carbonyl (C=O) groups is 2. The predicted molar refractivity (Wildman–Crippen MR) is 94.8 cm³/mol. The van der Waals surface area contributed by atoms with Gasteiger partial charge in [-0.25, -0.2) is 4.79 Å². The first kappa shape index (κ1) is 16.8. The molecule has 0 radical (unpaired) electrons. The van der Waals surface area contributed by atoms with Crippen molar-refractivity contribution in [2.45, 2.75) is 16.3 Å². The first-order valence-corrected chi connectivity index (χ1v) is 8.32. The van der Waals surface area contributed by atoms with Crippen molar-refractivity contribution in [3.8, 4) is 0 Å². The van der Waals surface area contributed by atoms with Crippen molar-refractivity contribution in [2.24, 2.45) is 0 Å². The molecule has 0 aliphatic heterocycles. The Morgan fingerprint density at radius 1 is 1.04 bits per heavy atom. The van der Waals surface area contributed by atoms with E-state index in [1.807, 2.05) is 54.6 Å². The van der Waals surface area contributed by atoms with Crippen molar-refractivity contribution in [3.05, 3.63) is 72.6 Å². The standard InChI is InChI=1S/C18H15N3O3S/c22-17(12-21-11-10-15(20-21)18(23)24)19-14-8-4-5-9-16(14)25-13-6-2-1-3-7-13/h1-11H,12H2,(H,19,22)(H,23,24). The zero-order valence-corrected chi connectivity index (χ0v) is 13.9. The van der Waals surface area contributed by atoms with E-state index in [-0.39, 0.29) is 18.1 Å². The molecule has 0 saturated heterocycles. The maximum atomic E-state index is 12.2. The maximum Gasteiger partial charge on any atom is 0.356 e. The third kappa shape index (κ3) is 4.48. The molecule has 0 aliphatic carbocycles. The normalized spacial score (nSPS) is 10.4. The van der Waals surface area contributed by atoms with Gasteiger partial charge >= 0.3 is 5.97 Å². The molecule has 2 N–H and O–H groups in total. The molecule has 0 spiro atoms. The van der Waals surface area contributed by atoms with E-state index in [0.717, 1.165) is 9.79 Å². The Morgan fingerprint density at radius 2 is 1.76 bits per heavy atom. The topological polar surface area (TPSA) is 84.2 Å². The van der Waals surface area contributed by atoms with Gasteiger partial charge in [-0.2, -0.15) is 5.10 Å². The molecule has 3 rings (SSSR count). The lowest BCUT2D eigenvalue weighted by molar-refractivity contribution is -0.116. The number of amides is 1. The molecule has 0 unspecified atom stereocenters. The fraction of sp³-hybridized carbons (Fsp3) is 0.0556. The highest BCUT2D eigenvalue weighted by molar-refractivity contribution is 7.99. The Hall–Kier alpha value is -3.06. The monoisotopic (exact) mass is 353 g/mol. The zero-order valence-electron chi connectivity index (χ0n) is 13.1. The molecule has 0 fully saturated rings. The van der Waals surface area contributed by atoms with E-state index < -0.39 is 5.97 Å². The second-order valence-corrected chi connectivity index (χ2v) is 6.28. The molecule has 7 heteroatoms. The fourth-order valence-electron chi connectivity index (χ4n) is 2.18. The van der Waals surface area contributed by atoms with E-state index in [1.165, 1.54) is 16.9 Å². The number of aromatic carboxylic acids is 1. The molecular formula is C18H15N3O3S. The van der Waals surface area contributed by atoms with Crippen LogP contribution < -0.4 is 5.32 Å². The average Bonchev–Trinajstić information content (AvgIpc) is 3.06. The van der Waals surface area contributed by atoms with Crippen LogP contribution in [0.1, 0.15) is 10.5 Å². The quantitative estimate of drug-likeness (QED) is 0.710. The van der Waals surface area contributed by atoms with Crippen LogP contribution in [0.3, 0.4) is 0 Å². The van der Waals surface area contributed by atoms with E-state index in [0.29, 0.717) is 5.69 Å². The van der Waals surface area contributed by atoms with Crippen LogP contribution in [0, 0.1) is 0 Å². The number of carboxylic acid groups (broad SMARTS) is 1. The van der Waals surface area contributed by atoms with Crippen molar-refractivity contribution in [3.63, 3.8) is 0 Å². The van der Waals surface area contributed by atoms with Gasteiger partial charge in [-0.1, -0.05) is 42.1 Å². The van der Waals surface area contributed by atoms with Crippen LogP contribution >= 0.6 is 11.8 Å². The third-order valence-electron chi connectivity index (χ3n) is 3.30. The predicted octanol–water partition coefficient (Wildman–Crippen LogP) is 3.37. The summed E-state index contributed by atoms with van der Waals surface area (Å²) in [6.07, 6.45) is 1.47. The fourth-order valence-corrected chi connectivity index (χ4v) is 3.10.